The van der Waals surface area contributed by atoms with Crippen molar-refractivity contribution >= 4 is 11.9 Å². The van der Waals surface area contributed by atoms with Gasteiger partial charge in [0, 0.05) is 6.42 Å². The third-order valence-corrected chi connectivity index (χ3v) is 2.91. The first-order valence-corrected chi connectivity index (χ1v) is 6.31. The summed E-state index contributed by atoms with van der Waals surface area (Å²) in [6.07, 6.45) is 1.49. The van der Waals surface area contributed by atoms with Crippen molar-refractivity contribution < 1.29 is 30.0 Å². The lowest BCUT2D eigenvalue weighted by atomic mass is 9.80. The summed E-state index contributed by atoms with van der Waals surface area (Å²) >= 11 is 0. The lowest BCUT2D eigenvalue weighted by molar-refractivity contribution is -0.241. The van der Waals surface area contributed by atoms with E-state index in [9.17, 15) is 19.8 Å². The molecular formula is C13H26O6. The third-order valence-electron chi connectivity index (χ3n) is 2.91. The minimum absolute atomic E-state index is 0.0861. The molecule has 0 bridgehead atoms. The Morgan fingerprint density at radius 3 is 1.68 bits per heavy atom. The first-order chi connectivity index (χ1) is 8.40. The highest BCUT2D eigenvalue weighted by molar-refractivity contribution is 5.74. The fourth-order valence-corrected chi connectivity index (χ4v) is 0.907. The molecule has 0 aliphatic carbocycles. The Hall–Kier alpha value is -1.14. The number of hydrogen-bond donors (Lipinski definition) is 4. The van der Waals surface area contributed by atoms with E-state index in [1.807, 2.05) is 6.92 Å². The van der Waals surface area contributed by atoms with Crippen molar-refractivity contribution in [3.63, 3.8) is 0 Å². The average molecular weight is 278 g/mol. The number of hydrogen-bond acceptors (Lipinski definition) is 4. The van der Waals surface area contributed by atoms with Crippen molar-refractivity contribution in [1.82, 2.24) is 0 Å². The highest BCUT2D eigenvalue weighted by atomic mass is 16.5. The zero-order chi connectivity index (χ0) is 15.9. The van der Waals surface area contributed by atoms with E-state index in [4.69, 9.17) is 10.2 Å². The van der Waals surface area contributed by atoms with Crippen LogP contribution in [0.5, 0.6) is 0 Å². The predicted octanol–water partition coefficient (Wildman–Crippen LogP) is 1.70. The van der Waals surface area contributed by atoms with E-state index in [0.29, 0.717) is 6.42 Å². The average Bonchev–Trinajstić information content (AvgIpc) is 2.26. The Bertz CT molecular complexity index is 294. The molecule has 0 fully saturated rings. The maximum atomic E-state index is 10.7. The maximum Gasteiger partial charge on any atom is 0.314 e. The summed E-state index contributed by atoms with van der Waals surface area (Å²) in [5, 5.41) is 35.8. The van der Waals surface area contributed by atoms with E-state index >= 15 is 0 Å². The smallest absolute Gasteiger partial charge is 0.314 e. The van der Waals surface area contributed by atoms with E-state index < -0.39 is 23.1 Å². The summed E-state index contributed by atoms with van der Waals surface area (Å²) in [6, 6.07) is 0. The van der Waals surface area contributed by atoms with Crippen molar-refractivity contribution in [3.05, 3.63) is 0 Å². The molecule has 0 spiro atoms. The van der Waals surface area contributed by atoms with Crippen LogP contribution in [0.25, 0.3) is 0 Å². The lowest BCUT2D eigenvalue weighted by Crippen LogP contribution is -2.49. The number of rotatable bonds is 6. The largest absolute Gasteiger partial charge is 0.481 e. The van der Waals surface area contributed by atoms with Crippen LogP contribution < -0.4 is 0 Å². The second-order valence-electron chi connectivity index (χ2n) is 5.34. The number of aliphatic carboxylic acids is 2. The van der Waals surface area contributed by atoms with Crippen molar-refractivity contribution in [2.75, 3.05) is 0 Å². The summed E-state index contributed by atoms with van der Waals surface area (Å²) in [7, 11) is 0. The molecule has 0 saturated carbocycles. The number of unbranched alkanes of at least 4 members (excludes halogenated alkanes) is 1. The van der Waals surface area contributed by atoms with Gasteiger partial charge in [-0.1, -0.05) is 27.2 Å². The maximum absolute atomic E-state index is 10.7. The van der Waals surface area contributed by atoms with Crippen LogP contribution in [-0.4, -0.2) is 38.2 Å². The Kier molecular flexibility index (Phi) is 8.62. The van der Waals surface area contributed by atoms with E-state index in [-0.39, 0.29) is 12.3 Å². The summed E-state index contributed by atoms with van der Waals surface area (Å²) in [5.41, 5.74) is -1.53. The molecule has 0 saturated heterocycles. The van der Waals surface area contributed by atoms with Gasteiger partial charge in [0.2, 0.25) is 0 Å². The summed E-state index contributed by atoms with van der Waals surface area (Å²) in [5.74, 6) is -4.30. The molecule has 114 valence electrons. The van der Waals surface area contributed by atoms with Gasteiger partial charge >= 0.3 is 11.9 Å². The number of aliphatic hydroxyl groups is 2. The number of carbonyl (C=O) groups is 2. The van der Waals surface area contributed by atoms with Crippen LogP contribution in [0.3, 0.4) is 0 Å². The van der Waals surface area contributed by atoms with Crippen molar-refractivity contribution in [1.29, 1.82) is 0 Å². The second kappa shape index (κ2) is 8.12. The Morgan fingerprint density at radius 1 is 1.11 bits per heavy atom. The molecule has 0 aromatic carbocycles. The fraction of sp³-hybridized carbons (Fsp3) is 0.846. The Balaban J connectivity index is 0. The van der Waals surface area contributed by atoms with Gasteiger partial charge in [0.25, 0.3) is 0 Å². The molecule has 0 aromatic heterocycles. The van der Waals surface area contributed by atoms with Crippen LogP contribution in [0.4, 0.5) is 0 Å². The molecule has 0 heterocycles. The predicted molar refractivity (Wildman–Crippen MR) is 70.6 cm³/mol. The fourth-order valence-electron chi connectivity index (χ4n) is 0.907. The first-order valence-electron chi connectivity index (χ1n) is 6.31. The highest BCUT2D eigenvalue weighted by Gasteiger charge is 2.47. The Morgan fingerprint density at radius 2 is 1.47 bits per heavy atom. The minimum Gasteiger partial charge on any atom is -0.481 e. The molecule has 0 aliphatic heterocycles. The number of carboxylic acids is 2. The van der Waals surface area contributed by atoms with Crippen molar-refractivity contribution in [3.8, 4) is 0 Å². The molecule has 0 atom stereocenters. The zero-order valence-corrected chi connectivity index (χ0v) is 12.3. The molecule has 0 unspecified atom stereocenters. The van der Waals surface area contributed by atoms with Gasteiger partial charge in [-0.2, -0.15) is 0 Å². The normalized spacial score (nSPS) is 11.8. The minimum atomic E-state index is -2.13. The van der Waals surface area contributed by atoms with E-state index in [1.165, 1.54) is 13.8 Å². The lowest BCUT2D eigenvalue weighted by Gasteiger charge is -2.34. The molecule has 0 radical (unpaired) electrons. The summed E-state index contributed by atoms with van der Waals surface area (Å²) in [6.45, 7) is 7.81. The van der Waals surface area contributed by atoms with Gasteiger partial charge in [-0.15, -0.1) is 0 Å². The quantitative estimate of drug-likeness (QED) is 0.550. The van der Waals surface area contributed by atoms with Crippen LogP contribution in [-0.2, 0) is 9.59 Å². The summed E-state index contributed by atoms with van der Waals surface area (Å²) < 4.78 is 0. The molecule has 4 N–H and O–H groups in total. The van der Waals surface area contributed by atoms with Crippen LogP contribution in [0.1, 0.15) is 53.9 Å². The number of carboxylic acid groups (broad SMARTS) is 2. The Labute approximate surface area is 114 Å². The van der Waals surface area contributed by atoms with Gasteiger partial charge in [0.1, 0.15) is 5.41 Å². The third kappa shape index (κ3) is 7.12. The van der Waals surface area contributed by atoms with Gasteiger partial charge < -0.3 is 20.4 Å². The molecule has 0 rings (SSSR count). The van der Waals surface area contributed by atoms with Crippen LogP contribution in [0.2, 0.25) is 0 Å². The zero-order valence-electron chi connectivity index (χ0n) is 12.3. The molecule has 0 aromatic rings. The van der Waals surface area contributed by atoms with Crippen molar-refractivity contribution in [2.24, 2.45) is 11.3 Å². The SMILES string of the molecule is CC(C)C(=O)O.CCCCC(O)(O)C(C)(C)C(=O)O. The topological polar surface area (TPSA) is 115 Å². The van der Waals surface area contributed by atoms with Gasteiger partial charge in [-0.3, -0.25) is 9.59 Å². The van der Waals surface area contributed by atoms with E-state index in [1.54, 1.807) is 13.8 Å². The highest BCUT2D eigenvalue weighted by Crippen LogP contribution is 2.32. The van der Waals surface area contributed by atoms with E-state index in [0.717, 1.165) is 6.42 Å². The molecule has 6 heteroatoms. The molecule has 19 heavy (non-hydrogen) atoms. The monoisotopic (exact) mass is 278 g/mol. The van der Waals surface area contributed by atoms with Crippen molar-refractivity contribution in [2.45, 2.75) is 59.7 Å². The van der Waals surface area contributed by atoms with Gasteiger partial charge in [-0.05, 0) is 20.3 Å². The van der Waals surface area contributed by atoms with Gasteiger partial charge in [-0.25, -0.2) is 0 Å². The van der Waals surface area contributed by atoms with Crippen LogP contribution in [0.15, 0.2) is 0 Å². The first kappa shape index (κ1) is 20.2. The van der Waals surface area contributed by atoms with E-state index in [2.05, 4.69) is 0 Å². The molecular weight excluding hydrogens is 252 g/mol. The van der Waals surface area contributed by atoms with Crippen LogP contribution >= 0.6 is 0 Å². The standard InChI is InChI=1S/C9H18O4.C4H8O2/c1-4-5-6-9(12,13)8(2,3)7(10)11;1-3(2)4(5)6/h12-13H,4-6H2,1-3H3,(H,10,11);3H,1-2H3,(H,5,6). The second-order valence-corrected chi connectivity index (χ2v) is 5.34. The van der Waals surface area contributed by atoms with Gasteiger partial charge in [0.05, 0.1) is 5.92 Å². The molecule has 0 amide bonds. The molecule has 6 nitrogen and oxygen atoms in total. The van der Waals surface area contributed by atoms with Crippen LogP contribution in [0, 0.1) is 11.3 Å². The molecule has 0 aliphatic rings. The summed E-state index contributed by atoms with van der Waals surface area (Å²) in [4.78, 5) is 20.4. The van der Waals surface area contributed by atoms with Gasteiger partial charge in [0.15, 0.2) is 5.79 Å².